The summed E-state index contributed by atoms with van der Waals surface area (Å²) in [7, 11) is -3.57. The van der Waals surface area contributed by atoms with Gasteiger partial charge in [0.15, 0.2) is 0 Å². The van der Waals surface area contributed by atoms with E-state index in [-0.39, 0.29) is 10.9 Å². The van der Waals surface area contributed by atoms with E-state index in [9.17, 15) is 8.42 Å². The Morgan fingerprint density at radius 3 is 2.57 bits per heavy atom. The largest absolute Gasteiger partial charge is 0.378 e. The summed E-state index contributed by atoms with van der Waals surface area (Å²) in [5, 5.41) is 0. The molecule has 8 heteroatoms. The van der Waals surface area contributed by atoms with Crippen molar-refractivity contribution < 1.29 is 13.2 Å². The minimum absolute atomic E-state index is 0.0763. The van der Waals surface area contributed by atoms with Crippen molar-refractivity contribution in [2.24, 2.45) is 0 Å². The minimum Gasteiger partial charge on any atom is -0.378 e. The van der Waals surface area contributed by atoms with Gasteiger partial charge < -0.3 is 9.64 Å². The van der Waals surface area contributed by atoms with Gasteiger partial charge in [-0.05, 0) is 24.1 Å². The molecular weight excluding hydrogens is 376 g/mol. The van der Waals surface area contributed by atoms with Gasteiger partial charge in [0.1, 0.15) is 10.7 Å². The zero-order valence-corrected chi connectivity index (χ0v) is 16.6. The highest BCUT2D eigenvalue weighted by Gasteiger charge is 2.27. The molecule has 3 heterocycles. The van der Waals surface area contributed by atoms with Gasteiger partial charge in [-0.15, -0.1) is 0 Å². The number of hydrogen-bond donors (Lipinski definition) is 1. The summed E-state index contributed by atoms with van der Waals surface area (Å²) in [5.74, 6) is 0.789. The molecule has 28 heavy (non-hydrogen) atoms. The number of morpholine rings is 1. The molecule has 7 nitrogen and oxygen atoms in total. The summed E-state index contributed by atoms with van der Waals surface area (Å²) in [6.45, 7) is 5.33. The quantitative estimate of drug-likeness (QED) is 0.789. The van der Waals surface area contributed by atoms with Gasteiger partial charge in [0.25, 0.3) is 0 Å². The van der Waals surface area contributed by atoms with Crippen molar-refractivity contribution in [1.82, 2.24) is 14.6 Å². The molecule has 1 aromatic heterocycles. The molecule has 1 atom stereocenters. The van der Waals surface area contributed by atoms with Crippen LogP contribution in [-0.4, -0.2) is 63.7 Å². The van der Waals surface area contributed by atoms with Gasteiger partial charge in [0, 0.05) is 45.0 Å². The van der Waals surface area contributed by atoms with Gasteiger partial charge >= 0.3 is 0 Å². The van der Waals surface area contributed by atoms with Crippen molar-refractivity contribution in [3.8, 4) is 0 Å². The summed E-state index contributed by atoms with van der Waals surface area (Å²) in [5.41, 5.74) is 1.24. The molecule has 2 aliphatic rings. The van der Waals surface area contributed by atoms with Crippen LogP contribution in [0.15, 0.2) is 53.6 Å². The third-order valence-corrected chi connectivity index (χ3v) is 6.72. The average molecular weight is 403 g/mol. The van der Waals surface area contributed by atoms with Crippen molar-refractivity contribution in [3.63, 3.8) is 0 Å². The molecule has 2 fully saturated rings. The Balaban J connectivity index is 1.35. The molecule has 0 spiro atoms. The number of ether oxygens (including phenoxy) is 1. The lowest BCUT2D eigenvalue weighted by Crippen LogP contribution is -2.37. The molecule has 150 valence electrons. The summed E-state index contributed by atoms with van der Waals surface area (Å²) in [6.07, 6.45) is 2.26. The maximum absolute atomic E-state index is 12.7. The first-order chi connectivity index (χ1) is 13.6. The van der Waals surface area contributed by atoms with E-state index >= 15 is 0 Å². The second-order valence-electron chi connectivity index (χ2n) is 7.28. The summed E-state index contributed by atoms with van der Waals surface area (Å²) < 4.78 is 33.7. The van der Waals surface area contributed by atoms with Crippen molar-refractivity contribution in [3.05, 3.63) is 54.2 Å². The smallest absolute Gasteiger partial charge is 0.242 e. The van der Waals surface area contributed by atoms with Crippen molar-refractivity contribution >= 4 is 15.8 Å². The van der Waals surface area contributed by atoms with Gasteiger partial charge in [-0.3, -0.25) is 4.90 Å². The molecule has 4 rings (SSSR count). The van der Waals surface area contributed by atoms with Crippen LogP contribution in [0, 0.1) is 0 Å². The van der Waals surface area contributed by atoms with Crippen LogP contribution in [0.4, 0.5) is 5.82 Å². The Labute approximate surface area is 166 Å². The molecule has 1 aromatic carbocycles. The second-order valence-corrected chi connectivity index (χ2v) is 8.99. The SMILES string of the molecule is O=S(=O)(N[C@H]1CCN(Cc2ccccc2)C1)c1ccc(N2CCOCC2)nc1. The monoisotopic (exact) mass is 402 g/mol. The summed E-state index contributed by atoms with van der Waals surface area (Å²) in [6, 6.07) is 13.6. The first-order valence-electron chi connectivity index (χ1n) is 9.67. The zero-order chi connectivity index (χ0) is 19.4. The van der Waals surface area contributed by atoms with Crippen LogP contribution >= 0.6 is 0 Å². The van der Waals surface area contributed by atoms with Gasteiger partial charge in [0.2, 0.25) is 10.0 Å². The Kier molecular flexibility index (Phi) is 5.91. The first-order valence-corrected chi connectivity index (χ1v) is 11.2. The number of aromatic nitrogens is 1. The Morgan fingerprint density at radius 2 is 1.86 bits per heavy atom. The lowest BCUT2D eigenvalue weighted by atomic mass is 10.2. The maximum atomic E-state index is 12.7. The summed E-state index contributed by atoms with van der Waals surface area (Å²) >= 11 is 0. The van der Waals surface area contributed by atoms with Gasteiger partial charge in [-0.2, -0.15) is 0 Å². The number of nitrogens with one attached hydrogen (secondary N) is 1. The molecule has 1 N–H and O–H groups in total. The Morgan fingerprint density at radius 1 is 1.07 bits per heavy atom. The zero-order valence-electron chi connectivity index (χ0n) is 15.8. The number of pyridine rings is 1. The number of sulfonamides is 1. The number of rotatable bonds is 6. The fourth-order valence-electron chi connectivity index (χ4n) is 3.71. The van der Waals surface area contributed by atoms with Crippen molar-refractivity contribution in [2.45, 2.75) is 23.9 Å². The normalized spacial score (nSPS) is 21.1. The van der Waals surface area contributed by atoms with Crippen LogP contribution in [0.2, 0.25) is 0 Å². The van der Waals surface area contributed by atoms with Crippen LogP contribution in [0.3, 0.4) is 0 Å². The average Bonchev–Trinajstić information content (AvgIpc) is 3.15. The molecule has 0 radical (unpaired) electrons. The molecule has 2 aromatic rings. The van der Waals surface area contributed by atoms with Crippen LogP contribution in [0.25, 0.3) is 0 Å². The van der Waals surface area contributed by atoms with Crippen molar-refractivity contribution in [2.75, 3.05) is 44.3 Å². The highest BCUT2D eigenvalue weighted by atomic mass is 32.2. The molecule has 0 amide bonds. The van der Waals surface area contributed by atoms with E-state index in [4.69, 9.17) is 4.74 Å². The van der Waals surface area contributed by atoms with Gasteiger partial charge in [-0.25, -0.2) is 18.1 Å². The van der Waals surface area contributed by atoms with Crippen LogP contribution in [0.1, 0.15) is 12.0 Å². The fourth-order valence-corrected chi connectivity index (χ4v) is 4.92. The number of nitrogens with zero attached hydrogens (tertiary/aromatic N) is 3. The Bertz CT molecular complexity index is 868. The molecule has 0 saturated carbocycles. The first kappa shape index (κ1) is 19.3. The molecule has 0 aliphatic carbocycles. The van der Waals surface area contributed by atoms with E-state index in [0.29, 0.717) is 19.8 Å². The minimum atomic E-state index is -3.57. The lowest BCUT2D eigenvalue weighted by Gasteiger charge is -2.27. The van der Waals surface area contributed by atoms with E-state index < -0.39 is 10.0 Å². The van der Waals surface area contributed by atoms with Crippen LogP contribution in [-0.2, 0) is 21.3 Å². The van der Waals surface area contributed by atoms with Gasteiger partial charge in [-0.1, -0.05) is 30.3 Å². The fraction of sp³-hybridized carbons (Fsp3) is 0.450. The third-order valence-electron chi connectivity index (χ3n) is 5.21. The lowest BCUT2D eigenvalue weighted by molar-refractivity contribution is 0.122. The molecular formula is C20H26N4O3S. The number of hydrogen-bond acceptors (Lipinski definition) is 6. The summed E-state index contributed by atoms with van der Waals surface area (Å²) in [4.78, 5) is 8.95. The van der Waals surface area contributed by atoms with E-state index in [2.05, 4.69) is 31.6 Å². The predicted octanol–water partition coefficient (Wildman–Crippen LogP) is 1.47. The van der Waals surface area contributed by atoms with Gasteiger partial charge in [0.05, 0.1) is 13.2 Å². The van der Waals surface area contributed by atoms with E-state index in [1.807, 2.05) is 18.2 Å². The number of likely N-dealkylation sites (tertiary alicyclic amines) is 1. The van der Waals surface area contributed by atoms with Crippen LogP contribution in [0.5, 0.6) is 0 Å². The molecule has 0 bridgehead atoms. The Hall–Kier alpha value is -2.00. The third kappa shape index (κ3) is 4.70. The number of benzene rings is 1. The second kappa shape index (κ2) is 8.57. The van der Waals surface area contributed by atoms with E-state index in [1.54, 1.807) is 12.1 Å². The standard InChI is InChI=1S/C20H26N4O3S/c25-28(26,19-6-7-20(21-14-19)24-10-12-27-13-11-24)22-18-8-9-23(16-18)15-17-4-2-1-3-5-17/h1-7,14,18,22H,8-13,15-16H2/t18-/m0/s1. The van der Waals surface area contributed by atoms with E-state index in [1.165, 1.54) is 11.8 Å². The topological polar surface area (TPSA) is 74.8 Å². The molecule has 2 aliphatic heterocycles. The van der Waals surface area contributed by atoms with Crippen LogP contribution < -0.4 is 9.62 Å². The predicted molar refractivity (Wildman–Crippen MR) is 108 cm³/mol. The maximum Gasteiger partial charge on any atom is 0.242 e. The van der Waals surface area contributed by atoms with E-state index in [0.717, 1.165) is 38.4 Å². The molecule has 0 unspecified atom stereocenters. The van der Waals surface area contributed by atoms with Crippen molar-refractivity contribution in [1.29, 1.82) is 0 Å². The highest BCUT2D eigenvalue weighted by molar-refractivity contribution is 7.89. The number of anilines is 1. The molecule has 2 saturated heterocycles. The highest BCUT2D eigenvalue weighted by Crippen LogP contribution is 2.18.